The number of nitrogens with zero attached hydrogens (tertiary/aromatic N) is 3. The van der Waals surface area contributed by atoms with Crippen molar-refractivity contribution in [3.05, 3.63) is 71.8 Å². The van der Waals surface area contributed by atoms with Crippen LogP contribution in [0.1, 0.15) is 17.5 Å². The molecule has 0 radical (unpaired) electrons. The van der Waals surface area contributed by atoms with Crippen molar-refractivity contribution in [2.24, 2.45) is 4.99 Å². The molecule has 1 N–H and O–H groups in total. The lowest BCUT2D eigenvalue weighted by atomic mass is 10.1. The summed E-state index contributed by atoms with van der Waals surface area (Å²) in [6.07, 6.45) is 2.22. The molecular weight excluding hydrogens is 320 g/mol. The Morgan fingerprint density at radius 3 is 2.23 bits per heavy atom. The Labute approximate surface area is 156 Å². The van der Waals surface area contributed by atoms with Gasteiger partial charge in [0.15, 0.2) is 5.96 Å². The average molecular weight is 348 g/mol. The minimum atomic E-state index is 0.392. The monoisotopic (exact) mass is 348 g/mol. The third-order valence-corrected chi connectivity index (χ3v) is 5.24. The number of rotatable bonds is 5. The number of hydrogen-bond donors (Lipinski definition) is 1. The van der Waals surface area contributed by atoms with Gasteiger partial charge in [0.25, 0.3) is 0 Å². The molecule has 2 heterocycles. The van der Waals surface area contributed by atoms with E-state index in [9.17, 15) is 0 Å². The lowest BCUT2D eigenvalue weighted by molar-refractivity contribution is 0.299. The Bertz CT molecular complexity index is 707. The lowest BCUT2D eigenvalue weighted by Crippen LogP contribution is -2.50. The van der Waals surface area contributed by atoms with Crippen LogP contribution in [0.3, 0.4) is 0 Å². The van der Waals surface area contributed by atoms with Gasteiger partial charge in [0.2, 0.25) is 0 Å². The van der Waals surface area contributed by atoms with Gasteiger partial charge in [-0.2, -0.15) is 0 Å². The second kappa shape index (κ2) is 8.37. The van der Waals surface area contributed by atoms with Gasteiger partial charge in [0, 0.05) is 39.3 Å². The minimum Gasteiger partial charge on any atom is -0.340 e. The Kier molecular flexibility index (Phi) is 5.50. The first-order chi connectivity index (χ1) is 12.9. The van der Waals surface area contributed by atoms with E-state index in [4.69, 9.17) is 4.99 Å². The summed E-state index contributed by atoms with van der Waals surface area (Å²) >= 11 is 0. The fourth-order valence-corrected chi connectivity index (χ4v) is 3.84. The number of aliphatic imine (C=N–C) groups is 1. The number of piperazine rings is 1. The highest BCUT2D eigenvalue weighted by Gasteiger charge is 2.29. The fraction of sp³-hybridized carbons (Fsp3) is 0.409. The van der Waals surface area contributed by atoms with E-state index in [1.165, 1.54) is 17.1 Å². The Hall–Kier alpha value is -2.33. The van der Waals surface area contributed by atoms with Crippen LogP contribution in [0.4, 0.5) is 0 Å². The first kappa shape index (κ1) is 17.1. The molecule has 4 rings (SSSR count). The van der Waals surface area contributed by atoms with Crippen LogP contribution >= 0.6 is 0 Å². The molecule has 26 heavy (non-hydrogen) atoms. The second-order valence-corrected chi connectivity index (χ2v) is 7.21. The maximum atomic E-state index is 5.15. The standard InChI is InChI=1S/C22H28N4/c1-3-7-19(8-4-1)11-12-21-18-26(17-20-9-5-2-6-10-20)22(24-21)25-15-13-23-14-16-25/h1-10,21,23H,11-18H2. The van der Waals surface area contributed by atoms with Crippen LogP contribution in [0.5, 0.6) is 0 Å². The minimum absolute atomic E-state index is 0.392. The molecule has 0 aliphatic carbocycles. The highest BCUT2D eigenvalue weighted by atomic mass is 15.4. The Morgan fingerprint density at radius 1 is 0.885 bits per heavy atom. The molecule has 0 bridgehead atoms. The molecule has 0 aromatic heterocycles. The fourth-order valence-electron chi connectivity index (χ4n) is 3.84. The molecule has 4 heteroatoms. The van der Waals surface area contributed by atoms with Crippen molar-refractivity contribution in [3.63, 3.8) is 0 Å². The van der Waals surface area contributed by atoms with E-state index in [1.807, 2.05) is 0 Å². The quantitative estimate of drug-likeness (QED) is 0.901. The Balaban J connectivity index is 1.45. The first-order valence-corrected chi connectivity index (χ1v) is 9.75. The van der Waals surface area contributed by atoms with E-state index >= 15 is 0 Å². The highest BCUT2D eigenvalue weighted by Crippen LogP contribution is 2.20. The van der Waals surface area contributed by atoms with E-state index in [2.05, 4.69) is 75.8 Å². The molecule has 1 unspecified atom stereocenters. The zero-order valence-electron chi connectivity index (χ0n) is 15.3. The molecule has 0 saturated carbocycles. The molecule has 4 nitrogen and oxygen atoms in total. The van der Waals surface area contributed by atoms with Crippen LogP contribution in [0.2, 0.25) is 0 Å². The smallest absolute Gasteiger partial charge is 0.197 e. The maximum absolute atomic E-state index is 5.15. The van der Waals surface area contributed by atoms with Crippen LogP contribution in [0, 0.1) is 0 Å². The summed E-state index contributed by atoms with van der Waals surface area (Å²) in [6, 6.07) is 21.9. The zero-order chi connectivity index (χ0) is 17.6. The lowest BCUT2D eigenvalue weighted by Gasteiger charge is -2.33. The number of hydrogen-bond acceptors (Lipinski definition) is 4. The topological polar surface area (TPSA) is 30.9 Å². The molecule has 0 spiro atoms. The molecule has 1 fully saturated rings. The third kappa shape index (κ3) is 4.25. The van der Waals surface area contributed by atoms with Crippen molar-refractivity contribution in [3.8, 4) is 0 Å². The number of benzene rings is 2. The largest absolute Gasteiger partial charge is 0.340 e. The van der Waals surface area contributed by atoms with Gasteiger partial charge in [-0.1, -0.05) is 60.7 Å². The summed E-state index contributed by atoms with van der Waals surface area (Å²) in [5.41, 5.74) is 2.77. The number of guanidine groups is 1. The molecule has 2 aliphatic rings. The SMILES string of the molecule is c1ccc(CCC2CN(Cc3ccccc3)C(N3CCNCC3)=N2)cc1. The van der Waals surface area contributed by atoms with Gasteiger partial charge in [-0.05, 0) is 24.0 Å². The number of nitrogens with one attached hydrogen (secondary N) is 1. The van der Waals surface area contributed by atoms with E-state index in [1.54, 1.807) is 0 Å². The maximum Gasteiger partial charge on any atom is 0.197 e. The van der Waals surface area contributed by atoms with Gasteiger partial charge >= 0.3 is 0 Å². The molecular formula is C22H28N4. The van der Waals surface area contributed by atoms with Crippen molar-refractivity contribution in [1.82, 2.24) is 15.1 Å². The predicted molar refractivity (Wildman–Crippen MR) is 107 cm³/mol. The van der Waals surface area contributed by atoms with Gasteiger partial charge in [-0.3, -0.25) is 0 Å². The summed E-state index contributed by atoms with van der Waals surface area (Å²) in [6.45, 7) is 6.18. The van der Waals surface area contributed by atoms with Gasteiger partial charge in [0.05, 0.1) is 6.04 Å². The van der Waals surface area contributed by atoms with Gasteiger partial charge in [-0.25, -0.2) is 4.99 Å². The van der Waals surface area contributed by atoms with Crippen molar-refractivity contribution in [2.75, 3.05) is 32.7 Å². The van der Waals surface area contributed by atoms with Gasteiger partial charge in [-0.15, -0.1) is 0 Å². The zero-order valence-corrected chi connectivity index (χ0v) is 15.3. The molecule has 2 aromatic rings. The summed E-state index contributed by atoms with van der Waals surface area (Å²) in [4.78, 5) is 10.1. The van der Waals surface area contributed by atoms with Gasteiger partial charge in [0.1, 0.15) is 0 Å². The normalized spacial score (nSPS) is 20.3. The third-order valence-electron chi connectivity index (χ3n) is 5.24. The molecule has 2 aromatic carbocycles. The highest BCUT2D eigenvalue weighted by molar-refractivity contribution is 5.82. The summed E-state index contributed by atoms with van der Waals surface area (Å²) < 4.78 is 0. The van der Waals surface area contributed by atoms with Crippen LogP contribution in [-0.4, -0.2) is 54.5 Å². The van der Waals surface area contributed by atoms with E-state index < -0.39 is 0 Å². The van der Waals surface area contributed by atoms with E-state index in [0.29, 0.717) is 6.04 Å². The van der Waals surface area contributed by atoms with E-state index in [0.717, 1.165) is 52.1 Å². The first-order valence-electron chi connectivity index (χ1n) is 9.75. The Morgan fingerprint density at radius 2 is 1.54 bits per heavy atom. The van der Waals surface area contributed by atoms with Crippen molar-refractivity contribution < 1.29 is 0 Å². The van der Waals surface area contributed by atoms with Crippen molar-refractivity contribution >= 4 is 5.96 Å². The van der Waals surface area contributed by atoms with Crippen LogP contribution < -0.4 is 5.32 Å². The summed E-state index contributed by atoms with van der Waals surface area (Å²) in [7, 11) is 0. The van der Waals surface area contributed by atoms with Crippen molar-refractivity contribution in [2.45, 2.75) is 25.4 Å². The molecule has 1 saturated heterocycles. The summed E-state index contributed by atoms with van der Waals surface area (Å²) in [5, 5.41) is 3.45. The van der Waals surface area contributed by atoms with Crippen LogP contribution in [-0.2, 0) is 13.0 Å². The van der Waals surface area contributed by atoms with Gasteiger partial charge < -0.3 is 15.1 Å². The van der Waals surface area contributed by atoms with Crippen molar-refractivity contribution in [1.29, 1.82) is 0 Å². The van der Waals surface area contributed by atoms with Crippen LogP contribution in [0.15, 0.2) is 65.7 Å². The molecule has 136 valence electrons. The molecule has 2 aliphatic heterocycles. The summed E-state index contributed by atoms with van der Waals surface area (Å²) in [5.74, 6) is 1.20. The number of aryl methyl sites for hydroxylation is 1. The average Bonchev–Trinajstić information content (AvgIpc) is 3.11. The van der Waals surface area contributed by atoms with E-state index in [-0.39, 0.29) is 0 Å². The molecule has 0 amide bonds. The van der Waals surface area contributed by atoms with Crippen LogP contribution in [0.25, 0.3) is 0 Å². The second-order valence-electron chi connectivity index (χ2n) is 7.21. The molecule has 1 atom stereocenters. The predicted octanol–water partition coefficient (Wildman–Crippen LogP) is 2.76.